The molecule has 1 unspecified atom stereocenters. The lowest BCUT2D eigenvalue weighted by atomic mass is 10.3. The molecule has 7 nitrogen and oxygen atoms in total. The molecule has 0 saturated carbocycles. The summed E-state index contributed by atoms with van der Waals surface area (Å²) in [7, 11) is -3.61. The maximum absolute atomic E-state index is 12.1. The lowest BCUT2D eigenvalue weighted by Gasteiger charge is -2.14. The van der Waals surface area contributed by atoms with Crippen LogP contribution in [-0.4, -0.2) is 47.3 Å². The molecule has 0 saturated heterocycles. The molecule has 9 heteroatoms. The number of carboxylic acid groups (broad SMARTS) is 1. The van der Waals surface area contributed by atoms with Crippen molar-refractivity contribution >= 4 is 27.8 Å². The van der Waals surface area contributed by atoms with Crippen molar-refractivity contribution in [3.8, 4) is 0 Å². The number of carboxylic acids is 1. The van der Waals surface area contributed by atoms with Crippen molar-refractivity contribution in [2.45, 2.75) is 37.2 Å². The highest BCUT2D eigenvalue weighted by Gasteiger charge is 2.20. The summed E-state index contributed by atoms with van der Waals surface area (Å²) >= 11 is 1.57. The molecule has 0 aliphatic rings. The van der Waals surface area contributed by atoms with Crippen LogP contribution < -0.4 is 4.72 Å². The number of sulfonamides is 1. The number of nitrogens with zero attached hydrogens (tertiary/aromatic N) is 2. The Morgan fingerprint density at radius 1 is 1.60 bits per heavy atom. The molecule has 0 spiro atoms. The van der Waals surface area contributed by atoms with Crippen molar-refractivity contribution in [2.75, 3.05) is 12.0 Å². The van der Waals surface area contributed by atoms with Crippen LogP contribution in [0.3, 0.4) is 0 Å². The standard InChI is InChI=1S/C11H19N3O4S2/c1-3-9(8-19-2)13-20(17,18)10-6-12-14(7-10)5-4-11(15)16/h6-7,9,13H,3-5,8H2,1-2H3,(H,15,16). The van der Waals surface area contributed by atoms with Crippen LogP contribution in [0.1, 0.15) is 19.8 Å². The summed E-state index contributed by atoms with van der Waals surface area (Å²) in [5.74, 6) is -0.253. The monoisotopic (exact) mass is 321 g/mol. The summed E-state index contributed by atoms with van der Waals surface area (Å²) in [6.45, 7) is 2.06. The van der Waals surface area contributed by atoms with Crippen molar-refractivity contribution in [1.82, 2.24) is 14.5 Å². The molecule has 114 valence electrons. The third-order valence-electron chi connectivity index (χ3n) is 2.66. The first-order valence-corrected chi connectivity index (χ1v) is 9.02. The van der Waals surface area contributed by atoms with Gasteiger partial charge in [0.1, 0.15) is 4.90 Å². The topological polar surface area (TPSA) is 101 Å². The van der Waals surface area contributed by atoms with E-state index in [2.05, 4.69) is 9.82 Å². The van der Waals surface area contributed by atoms with Gasteiger partial charge in [0.05, 0.1) is 19.2 Å². The van der Waals surface area contributed by atoms with E-state index in [-0.39, 0.29) is 23.9 Å². The lowest BCUT2D eigenvalue weighted by Crippen LogP contribution is -2.35. The molecule has 1 aromatic heterocycles. The van der Waals surface area contributed by atoms with Gasteiger partial charge in [-0.05, 0) is 12.7 Å². The lowest BCUT2D eigenvalue weighted by molar-refractivity contribution is -0.137. The first-order chi connectivity index (χ1) is 9.39. The first-order valence-electron chi connectivity index (χ1n) is 6.14. The molecule has 0 aliphatic heterocycles. The van der Waals surface area contributed by atoms with Gasteiger partial charge in [0.15, 0.2) is 0 Å². The van der Waals surface area contributed by atoms with Gasteiger partial charge < -0.3 is 5.11 Å². The molecule has 1 aromatic rings. The molecular weight excluding hydrogens is 302 g/mol. The third kappa shape index (κ3) is 5.14. The summed E-state index contributed by atoms with van der Waals surface area (Å²) < 4.78 is 28.2. The van der Waals surface area contributed by atoms with E-state index in [9.17, 15) is 13.2 Å². The van der Waals surface area contributed by atoms with Gasteiger partial charge in [0.2, 0.25) is 10.0 Å². The smallest absolute Gasteiger partial charge is 0.305 e. The number of carbonyl (C=O) groups is 1. The summed E-state index contributed by atoms with van der Waals surface area (Å²) in [6.07, 6.45) is 5.10. The average Bonchev–Trinajstić information content (AvgIpc) is 2.85. The van der Waals surface area contributed by atoms with E-state index >= 15 is 0 Å². The molecule has 0 bridgehead atoms. The van der Waals surface area contributed by atoms with Crippen LogP contribution in [0.15, 0.2) is 17.3 Å². The number of aliphatic carboxylic acids is 1. The number of rotatable bonds is 9. The van der Waals surface area contributed by atoms with Gasteiger partial charge in [-0.15, -0.1) is 0 Å². The minimum atomic E-state index is -3.61. The molecule has 0 radical (unpaired) electrons. The fourth-order valence-corrected chi connectivity index (χ4v) is 3.64. The third-order valence-corrected chi connectivity index (χ3v) is 4.87. The second-order valence-corrected chi connectivity index (χ2v) is 6.89. The minimum Gasteiger partial charge on any atom is -0.481 e. The Morgan fingerprint density at radius 3 is 2.85 bits per heavy atom. The Morgan fingerprint density at radius 2 is 2.30 bits per heavy atom. The number of aromatic nitrogens is 2. The molecule has 0 amide bonds. The van der Waals surface area contributed by atoms with Gasteiger partial charge in [-0.25, -0.2) is 13.1 Å². The highest BCUT2D eigenvalue weighted by atomic mass is 32.2. The van der Waals surface area contributed by atoms with Crippen molar-refractivity contribution in [3.05, 3.63) is 12.4 Å². The predicted molar refractivity (Wildman–Crippen MR) is 77.3 cm³/mol. The van der Waals surface area contributed by atoms with E-state index in [1.807, 2.05) is 13.2 Å². The second kappa shape index (κ2) is 7.65. The van der Waals surface area contributed by atoms with Gasteiger partial charge >= 0.3 is 5.97 Å². The van der Waals surface area contributed by atoms with Crippen molar-refractivity contribution < 1.29 is 18.3 Å². The van der Waals surface area contributed by atoms with Crippen molar-refractivity contribution in [3.63, 3.8) is 0 Å². The summed E-state index contributed by atoms with van der Waals surface area (Å²) in [5.41, 5.74) is 0. The Hall–Kier alpha value is -1.06. The highest BCUT2D eigenvalue weighted by molar-refractivity contribution is 7.98. The van der Waals surface area contributed by atoms with E-state index in [4.69, 9.17) is 5.11 Å². The fourth-order valence-electron chi connectivity index (χ4n) is 1.54. The van der Waals surface area contributed by atoms with Gasteiger partial charge in [-0.2, -0.15) is 16.9 Å². The van der Waals surface area contributed by atoms with E-state index in [0.717, 1.165) is 0 Å². The SMILES string of the molecule is CCC(CSC)NS(=O)(=O)c1cnn(CCC(=O)O)c1. The normalized spacial score (nSPS) is 13.3. The minimum absolute atomic E-state index is 0.0578. The second-order valence-electron chi connectivity index (χ2n) is 4.26. The summed E-state index contributed by atoms with van der Waals surface area (Å²) in [6, 6.07) is -0.127. The quantitative estimate of drug-likeness (QED) is 0.697. The van der Waals surface area contributed by atoms with Crippen LogP contribution in [0.4, 0.5) is 0 Å². The largest absolute Gasteiger partial charge is 0.481 e. The van der Waals surface area contributed by atoms with Gasteiger partial charge in [-0.1, -0.05) is 6.92 Å². The number of hydrogen-bond donors (Lipinski definition) is 2. The van der Waals surface area contributed by atoms with Crippen LogP contribution in [0.25, 0.3) is 0 Å². The van der Waals surface area contributed by atoms with Gasteiger partial charge in [0, 0.05) is 18.0 Å². The molecule has 20 heavy (non-hydrogen) atoms. The average molecular weight is 321 g/mol. The Kier molecular flexibility index (Phi) is 6.50. The van der Waals surface area contributed by atoms with E-state index < -0.39 is 16.0 Å². The maximum Gasteiger partial charge on any atom is 0.305 e. The van der Waals surface area contributed by atoms with Crippen LogP contribution in [0.5, 0.6) is 0 Å². The number of nitrogens with one attached hydrogen (secondary N) is 1. The zero-order valence-corrected chi connectivity index (χ0v) is 13.1. The molecule has 2 N–H and O–H groups in total. The van der Waals surface area contributed by atoms with Crippen LogP contribution in [0, 0.1) is 0 Å². The van der Waals surface area contributed by atoms with E-state index in [0.29, 0.717) is 12.2 Å². The van der Waals surface area contributed by atoms with Crippen molar-refractivity contribution in [1.29, 1.82) is 0 Å². The number of hydrogen-bond acceptors (Lipinski definition) is 5. The maximum atomic E-state index is 12.1. The van der Waals surface area contributed by atoms with Gasteiger partial charge in [0.25, 0.3) is 0 Å². The zero-order valence-electron chi connectivity index (χ0n) is 11.4. The number of aryl methyl sites for hydroxylation is 1. The van der Waals surface area contributed by atoms with Crippen LogP contribution in [-0.2, 0) is 21.4 Å². The van der Waals surface area contributed by atoms with E-state index in [1.165, 1.54) is 17.1 Å². The molecule has 1 rings (SSSR count). The Bertz CT molecular complexity index is 542. The first kappa shape index (κ1) is 17.0. The summed E-state index contributed by atoms with van der Waals surface area (Å²) in [5, 5.41) is 12.4. The predicted octanol–water partition coefficient (Wildman–Crippen LogP) is 0.778. The highest BCUT2D eigenvalue weighted by Crippen LogP contribution is 2.11. The Balaban J connectivity index is 2.74. The Labute approximate surface area is 122 Å². The van der Waals surface area contributed by atoms with E-state index in [1.54, 1.807) is 11.8 Å². The van der Waals surface area contributed by atoms with Crippen LogP contribution in [0.2, 0.25) is 0 Å². The molecule has 0 aliphatic carbocycles. The molecular formula is C11H19N3O4S2. The van der Waals surface area contributed by atoms with Crippen LogP contribution >= 0.6 is 11.8 Å². The molecule has 0 fully saturated rings. The number of thioether (sulfide) groups is 1. The molecule has 1 heterocycles. The fraction of sp³-hybridized carbons (Fsp3) is 0.636. The molecule has 0 aromatic carbocycles. The van der Waals surface area contributed by atoms with Crippen molar-refractivity contribution in [2.24, 2.45) is 0 Å². The zero-order chi connectivity index (χ0) is 15.2. The summed E-state index contributed by atoms with van der Waals surface area (Å²) in [4.78, 5) is 10.5. The molecule has 1 atom stereocenters. The van der Waals surface area contributed by atoms with Gasteiger partial charge in [-0.3, -0.25) is 9.48 Å².